The van der Waals surface area contributed by atoms with Crippen LogP contribution in [0.2, 0.25) is 0 Å². The number of hydrogen-bond donors (Lipinski definition) is 2. The summed E-state index contributed by atoms with van der Waals surface area (Å²) in [5, 5.41) is 14.1. The highest BCUT2D eigenvalue weighted by Crippen LogP contribution is 2.29. The lowest BCUT2D eigenvalue weighted by atomic mass is 9.95. The van der Waals surface area contributed by atoms with Gasteiger partial charge in [-0.15, -0.1) is 0 Å². The number of rotatable bonds is 4. The van der Waals surface area contributed by atoms with Crippen LogP contribution in [0.4, 0.5) is 19.0 Å². The zero-order chi connectivity index (χ0) is 21.1. The molecule has 1 atom stereocenters. The molecule has 0 bridgehead atoms. The molecule has 0 saturated carbocycles. The number of amides is 1. The zero-order valence-corrected chi connectivity index (χ0v) is 16.6. The molecular weight excluding hydrogens is 387 g/mol. The molecule has 7 nitrogen and oxygen atoms in total. The summed E-state index contributed by atoms with van der Waals surface area (Å²) in [7, 11) is 0. The molecule has 0 aliphatic carbocycles. The van der Waals surface area contributed by atoms with E-state index in [0.717, 1.165) is 51.2 Å². The third kappa shape index (κ3) is 6.02. The van der Waals surface area contributed by atoms with Crippen molar-refractivity contribution < 1.29 is 23.1 Å². The number of anilines is 1. The van der Waals surface area contributed by atoms with Crippen molar-refractivity contribution in [3.05, 3.63) is 18.1 Å². The van der Waals surface area contributed by atoms with Gasteiger partial charge in [-0.1, -0.05) is 0 Å². The number of aromatic nitrogens is 2. The average molecular weight is 415 g/mol. The number of nitrogens with zero attached hydrogens (tertiary/aromatic N) is 4. The second-order valence-electron chi connectivity index (χ2n) is 8.10. The van der Waals surface area contributed by atoms with E-state index in [0.29, 0.717) is 26.1 Å². The fraction of sp³-hybridized carbons (Fsp3) is 0.737. The Morgan fingerprint density at radius 1 is 1.28 bits per heavy atom. The highest BCUT2D eigenvalue weighted by molar-refractivity contribution is 5.73. The molecule has 1 amide bonds. The van der Waals surface area contributed by atoms with Crippen LogP contribution in [0.25, 0.3) is 0 Å². The standard InChI is InChI=1S/C19H28F3N5O2/c1-14(28)27-7-3-2-6-18(29,12-27)11-26-8-4-15(5-9-26)25-17-10-16(19(20,21)22)23-13-24-17/h10,13,15,29H,2-9,11-12H2,1H3,(H,23,24,25). The van der Waals surface area contributed by atoms with E-state index in [1.807, 2.05) is 0 Å². The first-order chi connectivity index (χ1) is 13.6. The van der Waals surface area contributed by atoms with Crippen molar-refractivity contribution >= 4 is 11.7 Å². The Balaban J connectivity index is 1.52. The predicted octanol–water partition coefficient (Wildman–Crippen LogP) is 2.14. The second kappa shape index (κ2) is 8.83. The number of halogens is 3. The lowest BCUT2D eigenvalue weighted by Crippen LogP contribution is -2.53. The molecule has 3 rings (SSSR count). The molecule has 3 heterocycles. The number of carbonyl (C=O) groups excluding carboxylic acids is 1. The molecule has 2 aliphatic rings. The van der Waals surface area contributed by atoms with E-state index >= 15 is 0 Å². The van der Waals surface area contributed by atoms with Gasteiger partial charge in [-0.25, -0.2) is 9.97 Å². The highest BCUT2D eigenvalue weighted by atomic mass is 19.4. The minimum atomic E-state index is -4.50. The van der Waals surface area contributed by atoms with Crippen LogP contribution in [0.1, 0.15) is 44.7 Å². The summed E-state index contributed by atoms with van der Waals surface area (Å²) in [6, 6.07) is 0.941. The van der Waals surface area contributed by atoms with E-state index in [1.165, 1.54) is 6.92 Å². The molecule has 2 aliphatic heterocycles. The van der Waals surface area contributed by atoms with Gasteiger partial charge in [0.05, 0.1) is 12.1 Å². The van der Waals surface area contributed by atoms with Crippen molar-refractivity contribution in [3.8, 4) is 0 Å². The Morgan fingerprint density at radius 2 is 2.00 bits per heavy atom. The molecular formula is C19H28F3N5O2. The van der Waals surface area contributed by atoms with Gasteiger partial charge < -0.3 is 20.2 Å². The van der Waals surface area contributed by atoms with Crippen LogP contribution in [0.15, 0.2) is 12.4 Å². The van der Waals surface area contributed by atoms with E-state index in [1.54, 1.807) is 4.90 Å². The topological polar surface area (TPSA) is 81.6 Å². The summed E-state index contributed by atoms with van der Waals surface area (Å²) in [6.45, 7) is 4.49. The van der Waals surface area contributed by atoms with Gasteiger partial charge in [0, 0.05) is 45.2 Å². The molecule has 1 unspecified atom stereocenters. The van der Waals surface area contributed by atoms with Gasteiger partial charge >= 0.3 is 6.18 Å². The van der Waals surface area contributed by atoms with E-state index in [2.05, 4.69) is 20.2 Å². The molecule has 0 spiro atoms. The second-order valence-corrected chi connectivity index (χ2v) is 8.10. The zero-order valence-electron chi connectivity index (χ0n) is 16.6. The Hall–Kier alpha value is -1.94. The number of hydrogen-bond acceptors (Lipinski definition) is 6. The predicted molar refractivity (Wildman–Crippen MR) is 101 cm³/mol. The van der Waals surface area contributed by atoms with Crippen LogP contribution < -0.4 is 5.32 Å². The Morgan fingerprint density at radius 3 is 2.66 bits per heavy atom. The van der Waals surface area contributed by atoms with Gasteiger partial charge in [0.1, 0.15) is 17.8 Å². The summed E-state index contributed by atoms with van der Waals surface area (Å²) < 4.78 is 38.4. The lowest BCUT2D eigenvalue weighted by Gasteiger charge is -2.39. The smallest absolute Gasteiger partial charge is 0.387 e. The summed E-state index contributed by atoms with van der Waals surface area (Å²) in [5.41, 5.74) is -1.88. The van der Waals surface area contributed by atoms with Crippen LogP contribution >= 0.6 is 0 Å². The molecule has 1 aromatic rings. The van der Waals surface area contributed by atoms with Crippen LogP contribution in [0, 0.1) is 0 Å². The number of likely N-dealkylation sites (tertiary alicyclic amines) is 2. The molecule has 1 aromatic heterocycles. The van der Waals surface area contributed by atoms with E-state index < -0.39 is 17.5 Å². The van der Waals surface area contributed by atoms with Gasteiger partial charge in [0.25, 0.3) is 0 Å². The number of aliphatic hydroxyl groups is 1. The summed E-state index contributed by atoms with van der Waals surface area (Å²) in [6.07, 6.45) is 0.333. The summed E-state index contributed by atoms with van der Waals surface area (Å²) in [5.74, 6) is 0.154. The van der Waals surface area contributed by atoms with Crippen molar-refractivity contribution in [1.29, 1.82) is 0 Å². The Labute approximate surface area is 168 Å². The van der Waals surface area contributed by atoms with Gasteiger partial charge in [-0.05, 0) is 32.1 Å². The van der Waals surface area contributed by atoms with Crippen molar-refractivity contribution in [2.45, 2.75) is 56.8 Å². The normalized spacial score (nSPS) is 24.9. The van der Waals surface area contributed by atoms with Crippen molar-refractivity contribution in [2.75, 3.05) is 38.0 Å². The number of carbonyl (C=O) groups is 1. The third-order valence-corrected chi connectivity index (χ3v) is 5.67. The van der Waals surface area contributed by atoms with Crippen LogP contribution in [0.5, 0.6) is 0 Å². The van der Waals surface area contributed by atoms with Gasteiger partial charge in [0.2, 0.25) is 5.91 Å². The Kier molecular flexibility index (Phi) is 6.62. The van der Waals surface area contributed by atoms with E-state index in [-0.39, 0.29) is 17.8 Å². The monoisotopic (exact) mass is 415 g/mol. The van der Waals surface area contributed by atoms with Crippen LogP contribution in [-0.4, -0.2) is 75.1 Å². The molecule has 0 aromatic carbocycles. The quantitative estimate of drug-likeness (QED) is 0.784. The fourth-order valence-corrected chi connectivity index (χ4v) is 4.12. The molecule has 29 heavy (non-hydrogen) atoms. The number of alkyl halides is 3. The van der Waals surface area contributed by atoms with Crippen LogP contribution in [-0.2, 0) is 11.0 Å². The molecule has 10 heteroatoms. The maximum absolute atomic E-state index is 12.8. The lowest BCUT2D eigenvalue weighted by molar-refractivity contribution is -0.141. The third-order valence-electron chi connectivity index (χ3n) is 5.67. The SMILES string of the molecule is CC(=O)N1CCCCC(O)(CN2CCC(Nc3cc(C(F)(F)F)ncn3)CC2)C1. The minimum absolute atomic E-state index is 0.0136. The Bertz CT molecular complexity index is 709. The number of piperidine rings is 1. The van der Waals surface area contributed by atoms with Crippen molar-refractivity contribution in [2.24, 2.45) is 0 Å². The molecule has 162 valence electrons. The van der Waals surface area contributed by atoms with E-state index in [4.69, 9.17) is 0 Å². The number of β-amino-alcohol motifs (C(OH)–C–C–N with tert-alkyl or cyclic N) is 1. The summed E-state index contributed by atoms with van der Waals surface area (Å²) in [4.78, 5) is 22.8. The largest absolute Gasteiger partial charge is 0.433 e. The first kappa shape index (κ1) is 21.8. The first-order valence-corrected chi connectivity index (χ1v) is 10.0. The fourth-order valence-electron chi connectivity index (χ4n) is 4.12. The van der Waals surface area contributed by atoms with Gasteiger partial charge in [-0.2, -0.15) is 13.2 Å². The molecule has 2 fully saturated rings. The maximum atomic E-state index is 12.8. The van der Waals surface area contributed by atoms with Gasteiger partial charge in [0.15, 0.2) is 0 Å². The van der Waals surface area contributed by atoms with Gasteiger partial charge in [-0.3, -0.25) is 4.79 Å². The first-order valence-electron chi connectivity index (χ1n) is 10.0. The molecule has 2 N–H and O–H groups in total. The maximum Gasteiger partial charge on any atom is 0.433 e. The van der Waals surface area contributed by atoms with Crippen molar-refractivity contribution in [1.82, 2.24) is 19.8 Å². The minimum Gasteiger partial charge on any atom is -0.387 e. The van der Waals surface area contributed by atoms with Crippen molar-refractivity contribution in [3.63, 3.8) is 0 Å². The summed E-state index contributed by atoms with van der Waals surface area (Å²) >= 11 is 0. The molecule has 0 radical (unpaired) electrons. The molecule has 2 saturated heterocycles. The highest BCUT2D eigenvalue weighted by Gasteiger charge is 2.36. The van der Waals surface area contributed by atoms with E-state index in [9.17, 15) is 23.1 Å². The number of nitrogens with one attached hydrogen (secondary N) is 1. The van der Waals surface area contributed by atoms with Crippen LogP contribution in [0.3, 0.4) is 0 Å². The average Bonchev–Trinajstić information content (AvgIpc) is 2.85.